The number of imidazole rings is 1. The van der Waals surface area contributed by atoms with Gasteiger partial charge in [-0.1, -0.05) is 31.2 Å². The van der Waals surface area contributed by atoms with Gasteiger partial charge in [0.05, 0.1) is 6.61 Å². The maximum absolute atomic E-state index is 6.07. The Kier molecular flexibility index (Phi) is 4.06. The maximum atomic E-state index is 6.07. The monoisotopic (exact) mass is 260 g/mol. The maximum Gasteiger partial charge on any atom is 0.150 e. The molecule has 0 aliphatic heterocycles. The van der Waals surface area contributed by atoms with Crippen LogP contribution in [0.3, 0.4) is 0 Å². The number of anilines is 1. The molecule has 0 unspecified atom stereocenters. The highest BCUT2D eigenvalue weighted by Gasteiger charge is 2.16. The summed E-state index contributed by atoms with van der Waals surface area (Å²) in [5.74, 6) is 7.25. The predicted molar refractivity (Wildman–Crippen MR) is 76.9 cm³/mol. The molecule has 0 spiro atoms. The quantitative estimate of drug-likeness (QED) is 0.805. The number of methoxy groups -OCH3 is 1. The van der Waals surface area contributed by atoms with Crippen molar-refractivity contribution in [3.63, 3.8) is 0 Å². The van der Waals surface area contributed by atoms with Gasteiger partial charge in [0.15, 0.2) is 5.82 Å². The zero-order valence-corrected chi connectivity index (χ0v) is 11.4. The van der Waals surface area contributed by atoms with Crippen LogP contribution in [0.15, 0.2) is 24.3 Å². The molecule has 5 heteroatoms. The molecular weight excluding hydrogens is 240 g/mol. The van der Waals surface area contributed by atoms with Crippen LogP contribution in [0.2, 0.25) is 0 Å². The van der Waals surface area contributed by atoms with E-state index in [1.807, 2.05) is 24.3 Å². The van der Waals surface area contributed by atoms with Crippen LogP contribution in [0.5, 0.6) is 0 Å². The fraction of sp³-hybridized carbons (Fsp3) is 0.357. The molecule has 19 heavy (non-hydrogen) atoms. The van der Waals surface area contributed by atoms with Gasteiger partial charge in [0.25, 0.3) is 0 Å². The average Bonchev–Trinajstić information content (AvgIpc) is 2.69. The van der Waals surface area contributed by atoms with Crippen molar-refractivity contribution in [2.24, 2.45) is 0 Å². The van der Waals surface area contributed by atoms with Gasteiger partial charge in [-0.3, -0.25) is 0 Å². The second kappa shape index (κ2) is 5.75. The van der Waals surface area contributed by atoms with Crippen molar-refractivity contribution in [1.82, 2.24) is 9.66 Å². The first kappa shape index (κ1) is 13.4. The van der Waals surface area contributed by atoms with E-state index in [0.717, 1.165) is 35.5 Å². The number of nitrogens with two attached hydrogens (primary N) is 2. The molecule has 102 valence electrons. The van der Waals surface area contributed by atoms with Crippen molar-refractivity contribution in [1.29, 1.82) is 0 Å². The first-order chi connectivity index (χ1) is 9.19. The van der Waals surface area contributed by atoms with Crippen LogP contribution < -0.4 is 11.6 Å². The molecule has 2 aromatic rings. The van der Waals surface area contributed by atoms with E-state index in [0.29, 0.717) is 12.4 Å². The van der Waals surface area contributed by atoms with Gasteiger partial charge in [-0.15, -0.1) is 0 Å². The van der Waals surface area contributed by atoms with Gasteiger partial charge in [-0.2, -0.15) is 0 Å². The Morgan fingerprint density at radius 1 is 1.32 bits per heavy atom. The molecule has 0 aliphatic carbocycles. The molecule has 1 aromatic heterocycles. The van der Waals surface area contributed by atoms with E-state index in [4.69, 9.17) is 16.3 Å². The van der Waals surface area contributed by atoms with Crippen molar-refractivity contribution >= 4 is 5.82 Å². The molecule has 2 rings (SSSR count). The molecule has 0 radical (unpaired) electrons. The SMILES string of the molecule is CCCc1nc(-c2ccccc2COC)c(N)n1N. The number of hydrogen-bond acceptors (Lipinski definition) is 4. The standard InChI is InChI=1S/C14H20N4O/c1-3-6-12-17-13(14(15)18(12)16)11-8-5-4-7-10(11)9-19-2/h4-5,7-8H,3,6,9,15-16H2,1-2H3. The van der Waals surface area contributed by atoms with E-state index in [1.165, 1.54) is 4.68 Å². The summed E-state index contributed by atoms with van der Waals surface area (Å²) in [7, 11) is 1.67. The minimum absolute atomic E-state index is 0.493. The lowest BCUT2D eigenvalue weighted by Gasteiger charge is -2.07. The van der Waals surface area contributed by atoms with Gasteiger partial charge in [0.1, 0.15) is 11.5 Å². The second-order valence-corrected chi connectivity index (χ2v) is 4.47. The lowest BCUT2D eigenvalue weighted by Crippen LogP contribution is -2.15. The van der Waals surface area contributed by atoms with Gasteiger partial charge in [0, 0.05) is 19.1 Å². The molecule has 4 N–H and O–H groups in total. The molecule has 0 amide bonds. The van der Waals surface area contributed by atoms with Crippen LogP contribution in [0, 0.1) is 0 Å². The third-order valence-corrected chi connectivity index (χ3v) is 3.07. The largest absolute Gasteiger partial charge is 0.382 e. The van der Waals surface area contributed by atoms with E-state index in [2.05, 4.69) is 11.9 Å². The summed E-state index contributed by atoms with van der Waals surface area (Å²) in [5.41, 5.74) is 8.83. The number of aryl methyl sites for hydroxylation is 1. The molecular formula is C14H20N4O. The van der Waals surface area contributed by atoms with Crippen LogP contribution in [-0.4, -0.2) is 16.8 Å². The van der Waals surface area contributed by atoms with Crippen molar-refractivity contribution in [2.75, 3.05) is 18.7 Å². The Bertz CT molecular complexity index is 563. The number of hydrogen-bond donors (Lipinski definition) is 2. The predicted octanol–water partition coefficient (Wildman–Crippen LogP) is 1.94. The number of rotatable bonds is 5. The first-order valence-electron chi connectivity index (χ1n) is 6.38. The Morgan fingerprint density at radius 2 is 2.05 bits per heavy atom. The minimum atomic E-state index is 0.493. The lowest BCUT2D eigenvalue weighted by molar-refractivity contribution is 0.185. The van der Waals surface area contributed by atoms with Crippen LogP contribution in [0.25, 0.3) is 11.3 Å². The van der Waals surface area contributed by atoms with E-state index >= 15 is 0 Å². The Balaban J connectivity index is 2.50. The number of nitrogens with zero attached hydrogens (tertiary/aromatic N) is 2. The van der Waals surface area contributed by atoms with Gasteiger partial charge < -0.3 is 16.3 Å². The van der Waals surface area contributed by atoms with Gasteiger partial charge >= 0.3 is 0 Å². The number of benzene rings is 1. The highest BCUT2D eigenvalue weighted by molar-refractivity contribution is 5.73. The second-order valence-electron chi connectivity index (χ2n) is 4.47. The fourth-order valence-corrected chi connectivity index (χ4v) is 2.12. The number of nitrogen functional groups attached to an aromatic ring is 2. The summed E-state index contributed by atoms with van der Waals surface area (Å²) < 4.78 is 6.68. The topological polar surface area (TPSA) is 79.1 Å². The van der Waals surface area contributed by atoms with Gasteiger partial charge in [0.2, 0.25) is 0 Å². The molecule has 0 aliphatic rings. The summed E-state index contributed by atoms with van der Waals surface area (Å²) in [5, 5.41) is 0. The van der Waals surface area contributed by atoms with E-state index in [-0.39, 0.29) is 0 Å². The third kappa shape index (κ3) is 2.56. The van der Waals surface area contributed by atoms with Gasteiger partial charge in [-0.05, 0) is 12.0 Å². The normalized spacial score (nSPS) is 10.8. The zero-order valence-electron chi connectivity index (χ0n) is 11.4. The fourth-order valence-electron chi connectivity index (χ4n) is 2.12. The summed E-state index contributed by atoms with van der Waals surface area (Å²) in [6, 6.07) is 7.93. The first-order valence-corrected chi connectivity index (χ1v) is 6.38. The molecule has 1 aromatic carbocycles. The van der Waals surface area contributed by atoms with Crippen molar-refractivity contribution in [2.45, 2.75) is 26.4 Å². The number of ether oxygens (including phenoxy) is 1. The van der Waals surface area contributed by atoms with E-state index < -0.39 is 0 Å². The lowest BCUT2D eigenvalue weighted by atomic mass is 10.1. The Hall–Kier alpha value is -2.01. The highest BCUT2D eigenvalue weighted by atomic mass is 16.5. The van der Waals surface area contributed by atoms with Crippen molar-refractivity contribution in [3.05, 3.63) is 35.7 Å². The molecule has 1 heterocycles. The van der Waals surface area contributed by atoms with Gasteiger partial charge in [-0.25, -0.2) is 9.66 Å². The minimum Gasteiger partial charge on any atom is -0.382 e. The van der Waals surface area contributed by atoms with Crippen LogP contribution in [-0.2, 0) is 17.8 Å². The highest BCUT2D eigenvalue weighted by Crippen LogP contribution is 2.28. The summed E-state index contributed by atoms with van der Waals surface area (Å²) in [6.45, 7) is 2.61. The van der Waals surface area contributed by atoms with Crippen molar-refractivity contribution < 1.29 is 4.74 Å². The molecule has 0 atom stereocenters. The molecule has 0 saturated carbocycles. The molecule has 0 fully saturated rings. The molecule has 0 bridgehead atoms. The smallest absolute Gasteiger partial charge is 0.150 e. The average molecular weight is 260 g/mol. The molecule has 0 saturated heterocycles. The summed E-state index contributed by atoms with van der Waals surface area (Å²) >= 11 is 0. The van der Waals surface area contributed by atoms with Crippen molar-refractivity contribution in [3.8, 4) is 11.3 Å². The summed E-state index contributed by atoms with van der Waals surface area (Å²) in [6.07, 6.45) is 1.79. The van der Waals surface area contributed by atoms with E-state index in [9.17, 15) is 0 Å². The van der Waals surface area contributed by atoms with Crippen LogP contribution in [0.4, 0.5) is 5.82 Å². The van der Waals surface area contributed by atoms with Crippen LogP contribution >= 0.6 is 0 Å². The third-order valence-electron chi connectivity index (χ3n) is 3.07. The molecule has 5 nitrogen and oxygen atoms in total. The number of aromatic nitrogens is 2. The zero-order chi connectivity index (χ0) is 13.8. The van der Waals surface area contributed by atoms with E-state index in [1.54, 1.807) is 7.11 Å². The van der Waals surface area contributed by atoms with Crippen LogP contribution in [0.1, 0.15) is 24.7 Å². The Labute approximate surface area is 113 Å². The summed E-state index contributed by atoms with van der Waals surface area (Å²) in [4.78, 5) is 4.57. The Morgan fingerprint density at radius 3 is 2.74 bits per heavy atom.